The van der Waals surface area contributed by atoms with Crippen molar-refractivity contribution >= 4 is 0 Å². The van der Waals surface area contributed by atoms with Gasteiger partial charge in [-0.15, -0.1) is 0 Å². The molecule has 0 aliphatic carbocycles. The number of morpholine rings is 1. The molecule has 1 saturated heterocycles. The normalized spacial score (nSPS) is 19.0. The van der Waals surface area contributed by atoms with E-state index >= 15 is 0 Å². The number of nitrogens with zero attached hydrogens (tertiary/aromatic N) is 1. The minimum atomic E-state index is -0.883. The van der Waals surface area contributed by atoms with Crippen LogP contribution in [0.25, 0.3) is 0 Å². The van der Waals surface area contributed by atoms with Gasteiger partial charge in [-0.1, -0.05) is 68.4 Å². The molecule has 3 nitrogen and oxygen atoms in total. The third-order valence-corrected chi connectivity index (χ3v) is 5.72. The van der Waals surface area contributed by atoms with Crippen LogP contribution in [-0.4, -0.2) is 42.9 Å². The summed E-state index contributed by atoms with van der Waals surface area (Å²) in [6.07, 6.45) is 1.70. The first-order chi connectivity index (χ1) is 12.7. The van der Waals surface area contributed by atoms with Crippen molar-refractivity contribution in [2.24, 2.45) is 0 Å². The summed E-state index contributed by atoms with van der Waals surface area (Å²) in [4.78, 5) is 2.42. The van der Waals surface area contributed by atoms with Crippen molar-refractivity contribution < 1.29 is 9.84 Å². The molecule has 0 amide bonds. The number of rotatable bonds is 7. The minimum Gasteiger partial charge on any atom is -0.384 e. The number of hydrogen-bond donors (Lipinski definition) is 1. The van der Waals surface area contributed by atoms with Crippen molar-refractivity contribution in [3.8, 4) is 0 Å². The second-order valence-electron chi connectivity index (χ2n) is 7.20. The van der Waals surface area contributed by atoms with Gasteiger partial charge in [-0.2, -0.15) is 0 Å². The molecule has 0 aromatic heterocycles. The average Bonchev–Trinajstić information content (AvgIpc) is 2.73. The first kappa shape index (κ1) is 19.1. The van der Waals surface area contributed by atoms with Crippen molar-refractivity contribution in [1.82, 2.24) is 4.90 Å². The number of aryl methyl sites for hydroxylation is 1. The van der Waals surface area contributed by atoms with Crippen molar-refractivity contribution in [3.63, 3.8) is 0 Å². The molecule has 1 heterocycles. The quantitative estimate of drug-likeness (QED) is 0.818. The number of ether oxygens (including phenoxy) is 1. The van der Waals surface area contributed by atoms with Crippen LogP contribution in [0.1, 0.15) is 42.9 Å². The van der Waals surface area contributed by atoms with Gasteiger partial charge in [0, 0.05) is 25.6 Å². The summed E-state index contributed by atoms with van der Waals surface area (Å²) in [5, 5.41) is 11.8. The summed E-state index contributed by atoms with van der Waals surface area (Å²) < 4.78 is 5.50. The van der Waals surface area contributed by atoms with E-state index in [0.717, 1.165) is 44.8 Å². The van der Waals surface area contributed by atoms with E-state index in [1.807, 2.05) is 6.07 Å². The Bertz CT molecular complexity index is 664. The van der Waals surface area contributed by atoms with Gasteiger partial charge in [0.2, 0.25) is 0 Å². The van der Waals surface area contributed by atoms with Crippen LogP contribution in [0.2, 0.25) is 0 Å². The highest BCUT2D eigenvalue weighted by Gasteiger charge is 2.39. The molecule has 2 aromatic carbocycles. The topological polar surface area (TPSA) is 32.7 Å². The highest BCUT2D eigenvalue weighted by Crippen LogP contribution is 2.40. The van der Waals surface area contributed by atoms with E-state index in [4.69, 9.17) is 4.74 Å². The van der Waals surface area contributed by atoms with Gasteiger partial charge in [0.25, 0.3) is 0 Å². The molecule has 140 valence electrons. The molecule has 3 heteroatoms. The van der Waals surface area contributed by atoms with E-state index in [1.54, 1.807) is 0 Å². The van der Waals surface area contributed by atoms with E-state index < -0.39 is 5.60 Å². The molecule has 0 bridgehead atoms. The van der Waals surface area contributed by atoms with Gasteiger partial charge >= 0.3 is 0 Å². The first-order valence-corrected chi connectivity index (χ1v) is 9.84. The third-order valence-electron chi connectivity index (χ3n) is 5.72. The molecular weight excluding hydrogens is 322 g/mol. The fourth-order valence-corrected chi connectivity index (χ4v) is 3.94. The lowest BCUT2D eigenvalue weighted by Gasteiger charge is -2.40. The van der Waals surface area contributed by atoms with Gasteiger partial charge in [0.1, 0.15) is 0 Å². The second-order valence-corrected chi connectivity index (χ2v) is 7.20. The molecule has 3 rings (SSSR count). The van der Waals surface area contributed by atoms with Crippen LogP contribution in [-0.2, 0) is 16.8 Å². The van der Waals surface area contributed by atoms with Crippen LogP contribution >= 0.6 is 0 Å². The Morgan fingerprint density at radius 2 is 1.65 bits per heavy atom. The van der Waals surface area contributed by atoms with Gasteiger partial charge in [-0.05, 0) is 29.5 Å². The summed E-state index contributed by atoms with van der Waals surface area (Å²) in [5.41, 5.74) is 2.63. The van der Waals surface area contributed by atoms with Crippen molar-refractivity contribution in [2.45, 2.75) is 38.2 Å². The molecule has 0 spiro atoms. The fourth-order valence-electron chi connectivity index (χ4n) is 3.94. The van der Waals surface area contributed by atoms with Crippen molar-refractivity contribution in [2.75, 3.05) is 32.8 Å². The Morgan fingerprint density at radius 3 is 2.23 bits per heavy atom. The maximum absolute atomic E-state index is 11.8. The van der Waals surface area contributed by atoms with Crippen LogP contribution in [0.4, 0.5) is 0 Å². The summed E-state index contributed by atoms with van der Waals surface area (Å²) >= 11 is 0. The zero-order valence-electron chi connectivity index (χ0n) is 16.0. The molecule has 0 radical (unpaired) electrons. The summed E-state index contributed by atoms with van der Waals surface area (Å²) in [6.45, 7) is 8.49. The molecule has 1 aliphatic heterocycles. The third kappa shape index (κ3) is 4.17. The Labute approximate surface area is 157 Å². The zero-order valence-corrected chi connectivity index (χ0v) is 16.0. The Hall–Kier alpha value is -1.68. The van der Waals surface area contributed by atoms with E-state index in [0.29, 0.717) is 6.42 Å². The fraction of sp³-hybridized carbons (Fsp3) is 0.478. The lowest BCUT2D eigenvalue weighted by molar-refractivity contribution is -0.0250. The molecule has 0 saturated carbocycles. The molecule has 1 fully saturated rings. The highest BCUT2D eigenvalue weighted by atomic mass is 16.5. The van der Waals surface area contributed by atoms with Gasteiger partial charge in [-0.3, -0.25) is 4.90 Å². The van der Waals surface area contributed by atoms with E-state index in [1.165, 1.54) is 11.1 Å². The van der Waals surface area contributed by atoms with Crippen LogP contribution in [0.15, 0.2) is 54.6 Å². The first-order valence-electron chi connectivity index (χ1n) is 9.84. The van der Waals surface area contributed by atoms with E-state index in [-0.39, 0.29) is 5.92 Å². The van der Waals surface area contributed by atoms with Crippen LogP contribution in [0.3, 0.4) is 0 Å². The number of aliphatic hydroxyl groups is 1. The largest absolute Gasteiger partial charge is 0.384 e. The molecule has 1 aliphatic rings. The smallest absolute Gasteiger partial charge is 0.0974 e. The van der Waals surface area contributed by atoms with Crippen molar-refractivity contribution in [1.29, 1.82) is 0 Å². The van der Waals surface area contributed by atoms with Crippen LogP contribution < -0.4 is 0 Å². The predicted molar refractivity (Wildman–Crippen MR) is 106 cm³/mol. The van der Waals surface area contributed by atoms with Crippen molar-refractivity contribution in [3.05, 3.63) is 71.3 Å². The molecule has 2 aromatic rings. The predicted octanol–water partition coefficient (Wildman–Crippen LogP) is 3.96. The lowest BCUT2D eigenvalue weighted by atomic mass is 9.75. The Morgan fingerprint density at radius 1 is 1.00 bits per heavy atom. The van der Waals surface area contributed by atoms with E-state index in [2.05, 4.69) is 67.3 Å². The zero-order chi connectivity index (χ0) is 18.4. The molecule has 26 heavy (non-hydrogen) atoms. The minimum absolute atomic E-state index is 0.0271. The van der Waals surface area contributed by atoms with Gasteiger partial charge in [-0.25, -0.2) is 0 Å². The molecule has 1 N–H and O–H groups in total. The monoisotopic (exact) mass is 353 g/mol. The van der Waals surface area contributed by atoms with E-state index in [9.17, 15) is 5.11 Å². The standard InChI is InChI=1S/C23H31NO2/c1-3-19-10-12-21(13-11-19)23(25,4-2)22(20-8-6-5-7-9-20)18-24-14-16-26-17-15-24/h5-13,22,25H,3-4,14-18H2,1-2H3/t22-,23-/m0/s1. The second kappa shape index (κ2) is 8.81. The maximum Gasteiger partial charge on any atom is 0.0974 e. The molecule has 0 unspecified atom stereocenters. The number of hydrogen-bond acceptors (Lipinski definition) is 3. The number of benzene rings is 2. The van der Waals surface area contributed by atoms with Crippen LogP contribution in [0.5, 0.6) is 0 Å². The highest BCUT2D eigenvalue weighted by molar-refractivity contribution is 5.33. The maximum atomic E-state index is 11.8. The summed E-state index contributed by atoms with van der Waals surface area (Å²) in [5.74, 6) is 0.0271. The summed E-state index contributed by atoms with van der Waals surface area (Å²) in [7, 11) is 0. The van der Waals surface area contributed by atoms with Gasteiger partial charge in [0.15, 0.2) is 0 Å². The van der Waals surface area contributed by atoms with Crippen LogP contribution in [0, 0.1) is 0 Å². The SMILES string of the molecule is CCc1ccc([C@@](O)(CC)[C@@H](CN2CCOCC2)c2ccccc2)cc1. The Balaban J connectivity index is 1.95. The lowest BCUT2D eigenvalue weighted by Crippen LogP contribution is -2.44. The molecule has 2 atom stereocenters. The average molecular weight is 354 g/mol. The summed E-state index contributed by atoms with van der Waals surface area (Å²) in [6, 6.07) is 19.0. The Kier molecular flexibility index (Phi) is 6.47. The molecular formula is C23H31NO2. The van der Waals surface area contributed by atoms with Gasteiger partial charge < -0.3 is 9.84 Å². The van der Waals surface area contributed by atoms with Gasteiger partial charge in [0.05, 0.1) is 18.8 Å².